The second-order valence-corrected chi connectivity index (χ2v) is 6.72. The first-order valence-corrected chi connectivity index (χ1v) is 9.05. The number of hydrogen-bond donors (Lipinski definition) is 0. The van der Waals surface area contributed by atoms with Gasteiger partial charge in [-0.2, -0.15) is 4.98 Å². The van der Waals surface area contributed by atoms with E-state index >= 15 is 0 Å². The van der Waals surface area contributed by atoms with E-state index in [4.69, 9.17) is 9.26 Å². The van der Waals surface area contributed by atoms with Gasteiger partial charge in [-0.25, -0.2) is 0 Å². The number of nitrogens with zero attached hydrogens (tertiary/aromatic N) is 3. The largest absolute Gasteiger partial charge is 0.484 e. The Balaban J connectivity index is 1.29. The zero-order chi connectivity index (χ0) is 18.6. The maximum atomic E-state index is 12.6. The molecule has 27 heavy (non-hydrogen) atoms. The summed E-state index contributed by atoms with van der Waals surface area (Å²) in [5.74, 6) is 1.94. The molecular formula is C21H21N3O3. The van der Waals surface area contributed by atoms with Crippen LogP contribution in [-0.2, 0) is 11.4 Å². The fraction of sp³-hybridized carbons (Fsp3) is 0.286. The molecule has 1 atom stereocenters. The Kier molecular flexibility index (Phi) is 4.87. The van der Waals surface area contributed by atoms with Gasteiger partial charge < -0.3 is 14.2 Å². The summed E-state index contributed by atoms with van der Waals surface area (Å²) in [6, 6.07) is 19.3. The van der Waals surface area contributed by atoms with Crippen molar-refractivity contribution >= 4 is 5.91 Å². The van der Waals surface area contributed by atoms with Gasteiger partial charge in [0.2, 0.25) is 5.91 Å². The van der Waals surface area contributed by atoms with Crippen molar-refractivity contribution in [3.05, 3.63) is 77.9 Å². The first-order chi connectivity index (χ1) is 13.2. The molecule has 6 heteroatoms. The lowest BCUT2D eigenvalue weighted by Crippen LogP contribution is -2.50. The maximum absolute atomic E-state index is 12.6. The van der Waals surface area contributed by atoms with Gasteiger partial charge in [0.15, 0.2) is 12.4 Å². The average molecular weight is 363 g/mol. The molecule has 1 aliphatic heterocycles. The zero-order valence-corrected chi connectivity index (χ0v) is 15.1. The third-order valence-electron chi connectivity index (χ3n) is 4.82. The molecule has 1 fully saturated rings. The molecule has 0 spiro atoms. The van der Waals surface area contributed by atoms with E-state index in [1.165, 1.54) is 0 Å². The number of carbonyl (C=O) groups excluding carboxylic acids is 1. The first-order valence-electron chi connectivity index (χ1n) is 9.05. The highest BCUT2D eigenvalue weighted by Crippen LogP contribution is 2.29. The summed E-state index contributed by atoms with van der Waals surface area (Å²) < 4.78 is 10.9. The Bertz CT molecular complexity index is 889. The van der Waals surface area contributed by atoms with Crippen LogP contribution in [0, 0.1) is 0 Å². The van der Waals surface area contributed by atoms with E-state index in [2.05, 4.69) is 10.1 Å². The minimum Gasteiger partial charge on any atom is -0.484 e. The van der Waals surface area contributed by atoms with Crippen LogP contribution in [-0.4, -0.2) is 34.0 Å². The van der Waals surface area contributed by atoms with Crippen LogP contribution in [0.2, 0.25) is 0 Å². The molecule has 3 aromatic rings. The van der Waals surface area contributed by atoms with E-state index < -0.39 is 0 Å². The molecule has 1 aliphatic rings. The molecule has 2 heterocycles. The summed E-state index contributed by atoms with van der Waals surface area (Å²) in [6.45, 7) is 3.42. The summed E-state index contributed by atoms with van der Waals surface area (Å²) in [6.07, 6.45) is 0. The predicted molar refractivity (Wildman–Crippen MR) is 99.3 cm³/mol. The van der Waals surface area contributed by atoms with Crippen LogP contribution in [0.5, 0.6) is 5.75 Å². The second kappa shape index (κ2) is 7.61. The van der Waals surface area contributed by atoms with Gasteiger partial charge in [0.05, 0.1) is 11.8 Å². The molecule has 2 aromatic carbocycles. The number of hydrogen-bond acceptors (Lipinski definition) is 5. The van der Waals surface area contributed by atoms with Gasteiger partial charge in [0.25, 0.3) is 5.89 Å². The van der Waals surface area contributed by atoms with Crippen LogP contribution >= 0.6 is 0 Å². The number of likely N-dealkylation sites (tertiary alicyclic amines) is 1. The van der Waals surface area contributed by atoms with E-state index in [9.17, 15) is 4.79 Å². The average Bonchev–Trinajstić information content (AvgIpc) is 3.14. The fourth-order valence-electron chi connectivity index (χ4n) is 3.13. The van der Waals surface area contributed by atoms with Crippen LogP contribution in [0.1, 0.15) is 36.0 Å². The Morgan fingerprint density at radius 2 is 1.81 bits per heavy atom. The molecule has 0 radical (unpaired) electrons. The monoisotopic (exact) mass is 363 g/mol. The van der Waals surface area contributed by atoms with Crippen LogP contribution in [0.15, 0.2) is 65.2 Å². The van der Waals surface area contributed by atoms with E-state index in [1.807, 2.05) is 72.5 Å². The lowest BCUT2D eigenvalue weighted by molar-refractivity contribution is -0.137. The molecule has 6 nitrogen and oxygen atoms in total. The number of aromatic nitrogens is 2. The molecule has 0 N–H and O–H groups in total. The number of carbonyl (C=O) groups is 1. The minimum atomic E-state index is -0.146. The van der Waals surface area contributed by atoms with Gasteiger partial charge in [-0.05, 0) is 24.6 Å². The number of ether oxygens (including phenoxy) is 1. The number of rotatable bonds is 6. The number of benzene rings is 2. The maximum Gasteiger partial charge on any atom is 0.264 e. The van der Waals surface area contributed by atoms with Crippen LogP contribution in [0.4, 0.5) is 0 Å². The van der Waals surface area contributed by atoms with Crippen molar-refractivity contribution in [3.63, 3.8) is 0 Å². The van der Waals surface area contributed by atoms with Gasteiger partial charge in [0.1, 0.15) is 5.75 Å². The van der Waals surface area contributed by atoms with Crippen molar-refractivity contribution in [1.29, 1.82) is 0 Å². The van der Waals surface area contributed by atoms with Crippen LogP contribution in [0.3, 0.4) is 0 Å². The Morgan fingerprint density at radius 1 is 1.15 bits per heavy atom. The van der Waals surface area contributed by atoms with Gasteiger partial charge in [-0.15, -0.1) is 0 Å². The summed E-state index contributed by atoms with van der Waals surface area (Å²) in [7, 11) is 0. The predicted octanol–water partition coefficient (Wildman–Crippen LogP) is 3.38. The van der Waals surface area contributed by atoms with Crippen LogP contribution < -0.4 is 4.74 Å². The van der Waals surface area contributed by atoms with Gasteiger partial charge >= 0.3 is 0 Å². The minimum absolute atomic E-state index is 0.117. The molecule has 1 amide bonds. The fourth-order valence-corrected chi connectivity index (χ4v) is 3.13. The van der Waals surface area contributed by atoms with Crippen molar-refractivity contribution in [2.45, 2.75) is 25.4 Å². The van der Waals surface area contributed by atoms with Crippen LogP contribution in [0.25, 0.3) is 0 Å². The quantitative estimate of drug-likeness (QED) is 0.672. The molecule has 1 aromatic heterocycles. The summed E-state index contributed by atoms with van der Waals surface area (Å²) >= 11 is 0. The molecule has 0 aliphatic carbocycles. The van der Waals surface area contributed by atoms with Gasteiger partial charge in [0, 0.05) is 13.1 Å². The third-order valence-corrected chi connectivity index (χ3v) is 4.82. The molecule has 1 saturated heterocycles. The highest BCUT2D eigenvalue weighted by atomic mass is 16.5. The van der Waals surface area contributed by atoms with E-state index in [-0.39, 0.29) is 24.3 Å². The lowest BCUT2D eigenvalue weighted by atomic mass is 9.94. The molecule has 4 rings (SSSR count). The van der Waals surface area contributed by atoms with Crippen molar-refractivity contribution in [2.24, 2.45) is 0 Å². The summed E-state index contributed by atoms with van der Waals surface area (Å²) in [5, 5.41) is 4.04. The highest BCUT2D eigenvalue weighted by Gasteiger charge is 2.36. The zero-order valence-electron chi connectivity index (χ0n) is 15.1. The molecule has 0 saturated carbocycles. The van der Waals surface area contributed by atoms with Gasteiger partial charge in [-0.3, -0.25) is 4.79 Å². The Hall–Kier alpha value is -3.15. The van der Waals surface area contributed by atoms with Gasteiger partial charge in [-0.1, -0.05) is 53.7 Å². The normalized spacial score (nSPS) is 15.2. The summed E-state index contributed by atoms with van der Waals surface area (Å²) in [5.41, 5.74) is 1.03. The molecular weight excluding hydrogens is 342 g/mol. The SMILES string of the molecule is CC(C(=O)N1CC(c2noc(COc3ccccc3)n2)C1)c1ccccc1. The first kappa shape index (κ1) is 17.3. The number of amides is 1. The lowest BCUT2D eigenvalue weighted by Gasteiger charge is -2.39. The summed E-state index contributed by atoms with van der Waals surface area (Å²) in [4.78, 5) is 18.9. The third kappa shape index (κ3) is 3.84. The molecule has 0 bridgehead atoms. The van der Waals surface area contributed by atoms with Crippen molar-refractivity contribution in [2.75, 3.05) is 13.1 Å². The van der Waals surface area contributed by atoms with E-state index in [0.29, 0.717) is 24.8 Å². The number of para-hydroxylation sites is 1. The van der Waals surface area contributed by atoms with Crippen molar-refractivity contribution < 1.29 is 14.1 Å². The van der Waals surface area contributed by atoms with Crippen molar-refractivity contribution in [1.82, 2.24) is 15.0 Å². The Morgan fingerprint density at radius 3 is 2.52 bits per heavy atom. The smallest absolute Gasteiger partial charge is 0.264 e. The molecule has 1 unspecified atom stereocenters. The standard InChI is InChI=1S/C21H21N3O3/c1-15(16-8-4-2-5-9-16)21(25)24-12-17(13-24)20-22-19(27-23-20)14-26-18-10-6-3-7-11-18/h2-11,15,17H,12-14H2,1H3. The van der Waals surface area contributed by atoms with E-state index in [0.717, 1.165) is 11.3 Å². The molecule has 138 valence electrons. The van der Waals surface area contributed by atoms with Crippen molar-refractivity contribution in [3.8, 4) is 5.75 Å². The Labute approximate surface area is 157 Å². The topological polar surface area (TPSA) is 68.5 Å². The van der Waals surface area contributed by atoms with E-state index in [1.54, 1.807) is 0 Å². The second-order valence-electron chi connectivity index (χ2n) is 6.72. The highest BCUT2D eigenvalue weighted by molar-refractivity contribution is 5.84.